The zero-order chi connectivity index (χ0) is 13.7. The van der Waals surface area contributed by atoms with Crippen LogP contribution in [-0.4, -0.2) is 23.4 Å². The molecule has 0 bridgehead atoms. The average molecular weight is 280 g/mol. The molecule has 2 heterocycles. The van der Waals surface area contributed by atoms with E-state index in [1.807, 2.05) is 0 Å². The minimum atomic E-state index is -3.65. The van der Waals surface area contributed by atoms with Crippen LogP contribution in [0.25, 0.3) is 0 Å². The van der Waals surface area contributed by atoms with Crippen molar-refractivity contribution in [3.8, 4) is 0 Å². The number of hydrazine groups is 1. The second-order valence-electron chi connectivity index (χ2n) is 3.57. The quantitative estimate of drug-likeness (QED) is 0.504. The third kappa shape index (κ3) is 3.44. The van der Waals surface area contributed by atoms with E-state index in [4.69, 9.17) is 5.84 Å². The van der Waals surface area contributed by atoms with Gasteiger partial charge in [-0.25, -0.2) is 29.0 Å². The summed E-state index contributed by atoms with van der Waals surface area (Å²) in [5.41, 5.74) is 3.02. The normalized spacial score (nSPS) is 11.2. The molecule has 9 heteroatoms. The van der Waals surface area contributed by atoms with Crippen LogP contribution < -0.4 is 16.0 Å². The largest absolute Gasteiger partial charge is 0.292 e. The Morgan fingerprint density at radius 3 is 2.37 bits per heavy atom. The minimum absolute atomic E-state index is 0.0273. The first-order valence-electron chi connectivity index (χ1n) is 5.29. The topological polar surface area (TPSA) is 123 Å². The van der Waals surface area contributed by atoms with Crippen LogP contribution in [0.2, 0.25) is 0 Å². The van der Waals surface area contributed by atoms with E-state index in [1.54, 1.807) is 24.5 Å². The summed E-state index contributed by atoms with van der Waals surface area (Å²) in [4.78, 5) is 11.3. The highest BCUT2D eigenvalue weighted by Crippen LogP contribution is 2.07. The predicted molar refractivity (Wildman–Crippen MR) is 68.1 cm³/mol. The van der Waals surface area contributed by atoms with Crippen molar-refractivity contribution in [2.75, 3.05) is 5.43 Å². The Labute approximate surface area is 110 Å². The molecule has 0 aliphatic heterocycles. The molecule has 0 aromatic carbocycles. The van der Waals surface area contributed by atoms with E-state index in [2.05, 4.69) is 25.1 Å². The van der Waals surface area contributed by atoms with Crippen LogP contribution in [0, 0.1) is 0 Å². The van der Waals surface area contributed by atoms with Gasteiger partial charge >= 0.3 is 0 Å². The Bertz CT molecular complexity index is 629. The number of hydrogen-bond acceptors (Lipinski definition) is 7. The molecule has 0 amide bonds. The maximum Gasteiger partial charge on any atom is 0.243 e. The summed E-state index contributed by atoms with van der Waals surface area (Å²) >= 11 is 0. The monoisotopic (exact) mass is 280 g/mol. The first-order valence-corrected chi connectivity index (χ1v) is 6.77. The first kappa shape index (κ1) is 13.3. The van der Waals surface area contributed by atoms with Crippen LogP contribution in [0.5, 0.6) is 0 Å². The molecule has 2 aromatic rings. The van der Waals surface area contributed by atoms with Crippen molar-refractivity contribution in [2.24, 2.45) is 5.84 Å². The maximum atomic E-state index is 11.9. The van der Waals surface area contributed by atoms with Gasteiger partial charge in [-0.3, -0.25) is 10.4 Å². The summed E-state index contributed by atoms with van der Waals surface area (Å²) in [6, 6.07) is 3.45. The summed E-state index contributed by atoms with van der Waals surface area (Å²) in [7, 11) is -3.65. The van der Waals surface area contributed by atoms with Crippen molar-refractivity contribution < 1.29 is 8.42 Å². The van der Waals surface area contributed by atoms with Crippen LogP contribution in [-0.2, 0) is 16.6 Å². The average Bonchev–Trinajstić information content (AvgIpc) is 2.46. The molecular formula is C10H12N6O2S. The van der Waals surface area contributed by atoms with Crippen LogP contribution in [0.1, 0.15) is 5.56 Å². The summed E-state index contributed by atoms with van der Waals surface area (Å²) in [5.74, 6) is 5.24. The molecule has 0 unspecified atom stereocenters. The molecule has 0 radical (unpaired) electrons. The molecular weight excluding hydrogens is 268 g/mol. The molecule has 0 fully saturated rings. The zero-order valence-corrected chi connectivity index (χ0v) is 10.6. The fourth-order valence-electron chi connectivity index (χ4n) is 1.29. The molecule has 2 rings (SSSR count). The highest BCUT2D eigenvalue weighted by molar-refractivity contribution is 7.89. The van der Waals surface area contributed by atoms with Gasteiger partial charge in [0.25, 0.3) is 0 Å². The molecule has 100 valence electrons. The Kier molecular flexibility index (Phi) is 4.00. The second kappa shape index (κ2) is 5.69. The Balaban J connectivity index is 2.09. The van der Waals surface area contributed by atoms with E-state index in [0.717, 1.165) is 5.56 Å². The summed E-state index contributed by atoms with van der Waals surface area (Å²) in [5, 5.41) is 0. The molecule has 0 saturated carbocycles. The van der Waals surface area contributed by atoms with Gasteiger partial charge in [0.15, 0.2) is 0 Å². The molecule has 0 aliphatic carbocycles. The third-order valence-electron chi connectivity index (χ3n) is 2.28. The van der Waals surface area contributed by atoms with Gasteiger partial charge in [-0.05, 0) is 17.7 Å². The second-order valence-corrected chi connectivity index (χ2v) is 5.33. The van der Waals surface area contributed by atoms with Crippen LogP contribution in [0.4, 0.5) is 5.95 Å². The van der Waals surface area contributed by atoms with E-state index in [1.165, 1.54) is 12.4 Å². The number of sulfonamides is 1. The number of aromatic nitrogens is 3. The predicted octanol–water partition coefficient (Wildman–Crippen LogP) is -0.364. The van der Waals surface area contributed by atoms with E-state index < -0.39 is 10.0 Å². The van der Waals surface area contributed by atoms with Crippen molar-refractivity contribution in [3.05, 3.63) is 42.5 Å². The Morgan fingerprint density at radius 1 is 1.16 bits per heavy atom. The Hall–Kier alpha value is -2.10. The fraction of sp³-hybridized carbons (Fsp3) is 0.100. The highest BCUT2D eigenvalue weighted by atomic mass is 32.2. The van der Waals surface area contributed by atoms with Gasteiger partial charge in [0.05, 0.1) is 12.4 Å². The van der Waals surface area contributed by atoms with Gasteiger partial charge < -0.3 is 0 Å². The lowest BCUT2D eigenvalue weighted by Gasteiger charge is -2.06. The first-order chi connectivity index (χ1) is 9.12. The molecule has 19 heavy (non-hydrogen) atoms. The number of hydrogen-bond donors (Lipinski definition) is 3. The van der Waals surface area contributed by atoms with Crippen molar-refractivity contribution >= 4 is 16.0 Å². The number of pyridine rings is 1. The third-order valence-corrected chi connectivity index (χ3v) is 3.64. The number of rotatable bonds is 5. The molecule has 0 saturated heterocycles. The number of nitrogens with two attached hydrogens (primary N) is 1. The van der Waals surface area contributed by atoms with E-state index in [0.29, 0.717) is 0 Å². The lowest BCUT2D eigenvalue weighted by atomic mass is 10.3. The number of nitrogens with one attached hydrogen (secondary N) is 2. The molecule has 8 nitrogen and oxygen atoms in total. The van der Waals surface area contributed by atoms with Gasteiger partial charge in [-0.15, -0.1) is 0 Å². The van der Waals surface area contributed by atoms with Gasteiger partial charge in [0.1, 0.15) is 4.90 Å². The van der Waals surface area contributed by atoms with Gasteiger partial charge in [-0.1, -0.05) is 0 Å². The number of anilines is 1. The summed E-state index contributed by atoms with van der Waals surface area (Å²) in [6.45, 7) is 0.168. The molecule has 2 aromatic heterocycles. The molecule has 0 spiro atoms. The van der Waals surface area contributed by atoms with E-state index >= 15 is 0 Å². The van der Waals surface area contributed by atoms with Crippen LogP contribution >= 0.6 is 0 Å². The van der Waals surface area contributed by atoms with Crippen LogP contribution in [0.3, 0.4) is 0 Å². The highest BCUT2D eigenvalue weighted by Gasteiger charge is 2.14. The van der Waals surface area contributed by atoms with E-state index in [-0.39, 0.29) is 17.4 Å². The van der Waals surface area contributed by atoms with E-state index in [9.17, 15) is 8.42 Å². The minimum Gasteiger partial charge on any atom is -0.292 e. The lowest BCUT2D eigenvalue weighted by Crippen LogP contribution is -2.23. The van der Waals surface area contributed by atoms with Crippen LogP contribution in [0.15, 0.2) is 41.8 Å². The standard InChI is InChI=1S/C10H12N6O2S/c11-16-10-13-6-9(7-14-10)19(17,18)15-5-8-1-3-12-4-2-8/h1-4,6-7,15H,5,11H2,(H,13,14,16). The fourth-order valence-corrected chi connectivity index (χ4v) is 2.20. The molecule has 0 aliphatic rings. The van der Waals surface area contributed by atoms with Crippen molar-refractivity contribution in [2.45, 2.75) is 11.4 Å². The smallest absolute Gasteiger partial charge is 0.243 e. The molecule has 0 atom stereocenters. The zero-order valence-electron chi connectivity index (χ0n) is 9.81. The van der Waals surface area contributed by atoms with Crippen molar-refractivity contribution in [1.82, 2.24) is 19.7 Å². The van der Waals surface area contributed by atoms with Gasteiger partial charge in [-0.2, -0.15) is 0 Å². The van der Waals surface area contributed by atoms with Gasteiger partial charge in [0.2, 0.25) is 16.0 Å². The Morgan fingerprint density at radius 2 is 1.79 bits per heavy atom. The number of nitrogen functional groups attached to an aromatic ring is 1. The lowest BCUT2D eigenvalue weighted by molar-refractivity contribution is 0.580. The van der Waals surface area contributed by atoms with Crippen molar-refractivity contribution in [3.63, 3.8) is 0 Å². The van der Waals surface area contributed by atoms with Crippen molar-refractivity contribution in [1.29, 1.82) is 0 Å². The summed E-state index contributed by atoms with van der Waals surface area (Å²) < 4.78 is 26.3. The maximum absolute atomic E-state index is 11.9. The SMILES string of the molecule is NNc1ncc(S(=O)(=O)NCc2ccncc2)cn1. The number of nitrogens with zero attached hydrogens (tertiary/aromatic N) is 3. The van der Waals surface area contributed by atoms with Gasteiger partial charge in [0, 0.05) is 18.9 Å². The summed E-state index contributed by atoms with van der Waals surface area (Å²) in [6.07, 6.45) is 5.54. The molecule has 4 N–H and O–H groups in total.